The van der Waals surface area contributed by atoms with E-state index in [9.17, 15) is 9.59 Å². The molecular weight excluding hydrogens is 350 g/mol. The molecule has 1 aliphatic heterocycles. The van der Waals surface area contributed by atoms with Crippen molar-refractivity contribution in [2.45, 2.75) is 44.4 Å². The number of nitrogens with zero attached hydrogens (tertiary/aromatic N) is 1. The summed E-state index contributed by atoms with van der Waals surface area (Å²) in [5.74, 6) is -1.00. The highest BCUT2D eigenvalue weighted by atomic mass is 16.6. The third-order valence-corrected chi connectivity index (χ3v) is 4.45. The molecule has 0 spiro atoms. The summed E-state index contributed by atoms with van der Waals surface area (Å²) >= 11 is 0. The summed E-state index contributed by atoms with van der Waals surface area (Å²) in [5.41, 5.74) is -1.01. The van der Waals surface area contributed by atoms with E-state index in [4.69, 9.17) is 18.9 Å². The number of rotatable bonds is 7. The molecule has 1 aromatic carbocycles. The molecule has 1 fully saturated rings. The summed E-state index contributed by atoms with van der Waals surface area (Å²) in [6.45, 7) is 5.94. The van der Waals surface area contributed by atoms with Crippen LogP contribution in [0, 0.1) is 0 Å². The maximum absolute atomic E-state index is 13.2. The minimum atomic E-state index is -1.28. The van der Waals surface area contributed by atoms with E-state index < -0.39 is 23.1 Å². The zero-order valence-corrected chi connectivity index (χ0v) is 16.7. The van der Waals surface area contributed by atoms with Crippen molar-refractivity contribution in [1.29, 1.82) is 0 Å². The van der Waals surface area contributed by atoms with E-state index in [-0.39, 0.29) is 25.8 Å². The number of methoxy groups -OCH3 is 2. The molecule has 0 radical (unpaired) electrons. The summed E-state index contributed by atoms with van der Waals surface area (Å²) < 4.78 is 21.6. The molecule has 2 atom stereocenters. The standard InChI is InChI=1S/C20H29NO6/c1-19(2,3)27-18(23)20(11-17(22)25-5)13-26-14-21(20)16(12-24-4)15-9-7-6-8-10-15/h6-10,16H,11-14H2,1-5H3/t16-,20+/m0/s1. The SMILES string of the molecule is COC[C@@H](c1ccccc1)N1COC[C@]1(CC(=O)OC)C(=O)OC(C)(C)C. The van der Waals surface area contributed by atoms with Gasteiger partial charge in [-0.05, 0) is 26.3 Å². The van der Waals surface area contributed by atoms with Gasteiger partial charge in [0.2, 0.25) is 0 Å². The molecule has 1 heterocycles. The molecule has 0 saturated carbocycles. The summed E-state index contributed by atoms with van der Waals surface area (Å²) in [6, 6.07) is 9.40. The van der Waals surface area contributed by atoms with Crippen LogP contribution in [0.3, 0.4) is 0 Å². The first-order chi connectivity index (χ1) is 12.7. The van der Waals surface area contributed by atoms with Gasteiger partial charge in [0.15, 0.2) is 5.54 Å². The quantitative estimate of drug-likeness (QED) is 0.673. The number of esters is 2. The number of benzene rings is 1. The zero-order chi connectivity index (χ0) is 20.1. The summed E-state index contributed by atoms with van der Waals surface area (Å²) in [5, 5.41) is 0. The van der Waals surface area contributed by atoms with Crippen molar-refractivity contribution in [2.75, 3.05) is 34.2 Å². The fourth-order valence-electron chi connectivity index (χ4n) is 3.19. The van der Waals surface area contributed by atoms with Crippen molar-refractivity contribution >= 4 is 11.9 Å². The molecule has 1 aromatic rings. The van der Waals surface area contributed by atoms with Gasteiger partial charge < -0.3 is 18.9 Å². The van der Waals surface area contributed by atoms with Crippen molar-refractivity contribution in [2.24, 2.45) is 0 Å². The first-order valence-electron chi connectivity index (χ1n) is 8.92. The molecule has 7 nitrogen and oxygen atoms in total. The molecule has 0 aromatic heterocycles. The maximum Gasteiger partial charge on any atom is 0.330 e. The second kappa shape index (κ2) is 8.82. The van der Waals surface area contributed by atoms with Gasteiger partial charge in [0.1, 0.15) is 12.3 Å². The second-order valence-electron chi connectivity index (χ2n) is 7.62. The lowest BCUT2D eigenvalue weighted by Crippen LogP contribution is -2.57. The fourth-order valence-corrected chi connectivity index (χ4v) is 3.19. The van der Waals surface area contributed by atoms with Crippen LogP contribution >= 0.6 is 0 Å². The van der Waals surface area contributed by atoms with Crippen molar-refractivity contribution in [3.8, 4) is 0 Å². The Hall–Kier alpha value is -1.96. The van der Waals surface area contributed by atoms with Gasteiger partial charge in [0.05, 0.1) is 32.8 Å². The van der Waals surface area contributed by atoms with E-state index in [1.54, 1.807) is 27.9 Å². The van der Waals surface area contributed by atoms with E-state index in [1.807, 2.05) is 35.2 Å². The predicted molar refractivity (Wildman–Crippen MR) is 98.9 cm³/mol. The molecule has 7 heteroatoms. The number of carbonyl (C=O) groups is 2. The van der Waals surface area contributed by atoms with Crippen LogP contribution in [0.1, 0.15) is 38.8 Å². The first kappa shape index (κ1) is 21.3. The molecule has 2 rings (SSSR count). The minimum Gasteiger partial charge on any atom is -0.469 e. The fraction of sp³-hybridized carbons (Fsp3) is 0.600. The predicted octanol–water partition coefficient (Wildman–Crippen LogP) is 2.31. The Morgan fingerprint density at radius 2 is 1.89 bits per heavy atom. The highest BCUT2D eigenvalue weighted by molar-refractivity contribution is 5.87. The van der Waals surface area contributed by atoms with Crippen LogP contribution in [0.4, 0.5) is 0 Å². The summed E-state index contributed by atoms with van der Waals surface area (Å²) in [4.78, 5) is 27.2. The van der Waals surface area contributed by atoms with Crippen LogP contribution in [-0.4, -0.2) is 62.1 Å². The van der Waals surface area contributed by atoms with Gasteiger partial charge in [0, 0.05) is 7.11 Å². The Bertz CT molecular complexity index is 642. The van der Waals surface area contributed by atoms with Crippen LogP contribution in [0.5, 0.6) is 0 Å². The summed E-state index contributed by atoms with van der Waals surface area (Å²) in [6.07, 6.45) is -0.161. The van der Waals surface area contributed by atoms with Gasteiger partial charge >= 0.3 is 11.9 Å². The van der Waals surface area contributed by atoms with Crippen LogP contribution in [0.15, 0.2) is 30.3 Å². The topological polar surface area (TPSA) is 74.3 Å². The normalized spacial score (nSPS) is 21.7. The van der Waals surface area contributed by atoms with Crippen molar-refractivity contribution < 1.29 is 28.5 Å². The Balaban J connectivity index is 2.46. The molecule has 0 bridgehead atoms. The molecular formula is C20H29NO6. The first-order valence-corrected chi connectivity index (χ1v) is 8.92. The highest BCUT2D eigenvalue weighted by Crippen LogP contribution is 2.37. The van der Waals surface area contributed by atoms with Crippen molar-refractivity contribution in [3.63, 3.8) is 0 Å². The van der Waals surface area contributed by atoms with Gasteiger partial charge in [-0.1, -0.05) is 30.3 Å². The van der Waals surface area contributed by atoms with Gasteiger partial charge in [-0.25, -0.2) is 4.79 Å². The average Bonchev–Trinajstić information content (AvgIpc) is 3.03. The van der Waals surface area contributed by atoms with Crippen molar-refractivity contribution in [1.82, 2.24) is 4.90 Å². The molecule has 0 unspecified atom stereocenters. The zero-order valence-electron chi connectivity index (χ0n) is 16.7. The Morgan fingerprint density at radius 1 is 1.22 bits per heavy atom. The maximum atomic E-state index is 13.2. The average molecular weight is 379 g/mol. The molecule has 0 amide bonds. The van der Waals surface area contributed by atoms with Crippen LogP contribution in [0.2, 0.25) is 0 Å². The van der Waals surface area contributed by atoms with Gasteiger partial charge in [-0.3, -0.25) is 9.69 Å². The Kier molecular flexibility index (Phi) is 6.97. The lowest BCUT2D eigenvalue weighted by Gasteiger charge is -2.40. The van der Waals surface area contributed by atoms with Crippen LogP contribution in [-0.2, 0) is 28.5 Å². The van der Waals surface area contributed by atoms with Crippen LogP contribution in [0.25, 0.3) is 0 Å². The molecule has 0 aliphatic carbocycles. The molecule has 0 N–H and O–H groups in total. The minimum absolute atomic E-state index is 0.0457. The third kappa shape index (κ3) is 5.06. The number of carbonyl (C=O) groups excluding carboxylic acids is 2. The smallest absolute Gasteiger partial charge is 0.330 e. The van der Waals surface area contributed by atoms with E-state index >= 15 is 0 Å². The van der Waals surface area contributed by atoms with Crippen molar-refractivity contribution in [3.05, 3.63) is 35.9 Å². The second-order valence-corrected chi connectivity index (χ2v) is 7.62. The third-order valence-electron chi connectivity index (χ3n) is 4.45. The van der Waals surface area contributed by atoms with E-state index in [1.165, 1.54) is 7.11 Å². The van der Waals surface area contributed by atoms with Gasteiger partial charge in [-0.2, -0.15) is 0 Å². The number of ether oxygens (including phenoxy) is 4. The van der Waals surface area contributed by atoms with E-state index in [2.05, 4.69) is 0 Å². The highest BCUT2D eigenvalue weighted by Gasteiger charge is 2.55. The molecule has 27 heavy (non-hydrogen) atoms. The van der Waals surface area contributed by atoms with E-state index in [0.717, 1.165) is 5.56 Å². The number of hydrogen-bond donors (Lipinski definition) is 0. The monoisotopic (exact) mass is 379 g/mol. The largest absolute Gasteiger partial charge is 0.469 e. The molecule has 150 valence electrons. The Labute approximate surface area is 160 Å². The van der Waals surface area contributed by atoms with Gasteiger partial charge in [0.25, 0.3) is 0 Å². The van der Waals surface area contributed by atoms with Gasteiger partial charge in [-0.15, -0.1) is 0 Å². The number of hydrogen-bond acceptors (Lipinski definition) is 7. The lowest BCUT2D eigenvalue weighted by molar-refractivity contribution is -0.174. The Morgan fingerprint density at radius 3 is 2.44 bits per heavy atom. The molecule has 1 aliphatic rings. The lowest BCUT2D eigenvalue weighted by atomic mass is 9.91. The summed E-state index contributed by atoms with van der Waals surface area (Å²) in [7, 11) is 2.90. The van der Waals surface area contributed by atoms with Crippen LogP contribution < -0.4 is 0 Å². The molecule has 1 saturated heterocycles. The van der Waals surface area contributed by atoms with E-state index in [0.29, 0.717) is 6.61 Å².